The van der Waals surface area contributed by atoms with Crippen LogP contribution in [-0.2, 0) is 0 Å². The van der Waals surface area contributed by atoms with Crippen molar-refractivity contribution >= 4 is 22.5 Å². The van der Waals surface area contributed by atoms with Gasteiger partial charge in [-0.2, -0.15) is 0 Å². The molecule has 4 aromatic rings. The van der Waals surface area contributed by atoms with Crippen LogP contribution in [0.5, 0.6) is 0 Å². The average molecular weight is 305 g/mol. The number of rotatable bonds is 2. The summed E-state index contributed by atoms with van der Waals surface area (Å²) >= 11 is 6.20. The summed E-state index contributed by atoms with van der Waals surface area (Å²) in [4.78, 5) is 4.51. The number of fused-ring (bicyclic) bond motifs is 1. The molecule has 3 heteroatoms. The molecule has 0 aliphatic heterocycles. The van der Waals surface area contributed by atoms with Gasteiger partial charge in [-0.25, -0.2) is 4.98 Å². The largest absolute Gasteiger partial charge is 0.294 e. The summed E-state index contributed by atoms with van der Waals surface area (Å²) < 4.78 is 2.15. The van der Waals surface area contributed by atoms with E-state index in [-0.39, 0.29) is 0 Å². The lowest BCUT2D eigenvalue weighted by Crippen LogP contribution is -1.98. The van der Waals surface area contributed by atoms with E-state index in [4.69, 9.17) is 11.6 Å². The van der Waals surface area contributed by atoms with Crippen LogP contribution in [0.25, 0.3) is 28.0 Å². The lowest BCUT2D eigenvalue weighted by molar-refractivity contribution is 1.05. The number of benzene rings is 2. The van der Waals surface area contributed by atoms with Crippen molar-refractivity contribution < 1.29 is 0 Å². The molecule has 0 aliphatic rings. The Balaban J connectivity index is 2.08. The summed E-state index contributed by atoms with van der Waals surface area (Å²) in [6.07, 6.45) is 1.81. The van der Waals surface area contributed by atoms with Gasteiger partial charge in [0.15, 0.2) is 0 Å². The second kappa shape index (κ2) is 5.32. The van der Waals surface area contributed by atoms with Crippen molar-refractivity contribution in [1.29, 1.82) is 0 Å². The van der Waals surface area contributed by atoms with E-state index in [1.165, 1.54) is 0 Å². The van der Waals surface area contributed by atoms with Crippen molar-refractivity contribution in [2.24, 2.45) is 0 Å². The molecule has 2 aromatic carbocycles. The van der Waals surface area contributed by atoms with Crippen LogP contribution in [0.2, 0.25) is 5.02 Å². The highest BCUT2D eigenvalue weighted by Crippen LogP contribution is 2.32. The third-order valence-electron chi connectivity index (χ3n) is 3.71. The predicted molar refractivity (Wildman–Crippen MR) is 91.5 cm³/mol. The molecule has 0 fully saturated rings. The Labute approximate surface area is 133 Å². The van der Waals surface area contributed by atoms with Crippen molar-refractivity contribution in [3.8, 4) is 17.1 Å². The summed E-state index contributed by atoms with van der Waals surface area (Å²) in [6.45, 7) is 0. The molecular weight excluding hydrogens is 292 g/mol. The van der Waals surface area contributed by atoms with Crippen molar-refractivity contribution in [2.75, 3.05) is 0 Å². The zero-order chi connectivity index (χ0) is 14.9. The highest BCUT2D eigenvalue weighted by molar-refractivity contribution is 6.31. The Morgan fingerprint density at radius 3 is 2.41 bits per heavy atom. The van der Waals surface area contributed by atoms with Crippen LogP contribution in [0.1, 0.15) is 0 Å². The number of hydrogen-bond acceptors (Lipinski definition) is 1. The van der Waals surface area contributed by atoms with Crippen LogP contribution in [0.15, 0.2) is 79.0 Å². The summed E-state index contributed by atoms with van der Waals surface area (Å²) in [6, 6.07) is 24.4. The van der Waals surface area contributed by atoms with Gasteiger partial charge in [0.25, 0.3) is 0 Å². The predicted octanol–water partition coefficient (Wildman–Crippen LogP) is 5.35. The molecule has 0 bridgehead atoms. The van der Waals surface area contributed by atoms with Crippen LogP contribution in [0.3, 0.4) is 0 Å². The minimum Gasteiger partial charge on any atom is -0.294 e. The SMILES string of the molecule is Clc1ccc2cc(-c3ccccc3)n(-c3ccccn3)c2c1. The third-order valence-corrected chi connectivity index (χ3v) is 3.95. The van der Waals surface area contributed by atoms with Gasteiger partial charge in [0.2, 0.25) is 0 Å². The van der Waals surface area contributed by atoms with Crippen LogP contribution < -0.4 is 0 Å². The summed E-state index contributed by atoms with van der Waals surface area (Å²) in [5.41, 5.74) is 3.32. The maximum atomic E-state index is 6.20. The average Bonchev–Trinajstić information content (AvgIpc) is 2.95. The molecule has 0 saturated carbocycles. The van der Waals surface area contributed by atoms with E-state index in [2.05, 4.69) is 27.8 Å². The molecule has 0 radical (unpaired) electrons. The van der Waals surface area contributed by atoms with Gasteiger partial charge in [-0.1, -0.05) is 54.1 Å². The molecule has 0 unspecified atom stereocenters. The highest BCUT2D eigenvalue weighted by Gasteiger charge is 2.13. The lowest BCUT2D eigenvalue weighted by Gasteiger charge is -2.10. The topological polar surface area (TPSA) is 17.8 Å². The molecular formula is C19H13ClN2. The fourth-order valence-corrected chi connectivity index (χ4v) is 2.89. The molecule has 2 heterocycles. The van der Waals surface area contributed by atoms with Crippen molar-refractivity contribution in [2.45, 2.75) is 0 Å². The molecule has 0 saturated heterocycles. The first kappa shape index (κ1) is 13.1. The van der Waals surface area contributed by atoms with E-state index >= 15 is 0 Å². The number of pyridine rings is 1. The molecule has 0 amide bonds. The van der Waals surface area contributed by atoms with Gasteiger partial charge in [-0.3, -0.25) is 4.57 Å². The molecule has 22 heavy (non-hydrogen) atoms. The number of nitrogens with zero attached hydrogens (tertiary/aromatic N) is 2. The first-order valence-electron chi connectivity index (χ1n) is 7.11. The quantitative estimate of drug-likeness (QED) is 0.488. The Kier molecular flexibility index (Phi) is 3.17. The highest BCUT2D eigenvalue weighted by atomic mass is 35.5. The van der Waals surface area contributed by atoms with Gasteiger partial charge < -0.3 is 0 Å². The van der Waals surface area contributed by atoms with Crippen LogP contribution in [0, 0.1) is 0 Å². The molecule has 4 rings (SSSR count). The van der Waals surface area contributed by atoms with Crippen LogP contribution in [0.4, 0.5) is 0 Å². The molecule has 0 aliphatic carbocycles. The van der Waals surface area contributed by atoms with Gasteiger partial charge in [0.05, 0.1) is 11.2 Å². The van der Waals surface area contributed by atoms with E-state index in [0.29, 0.717) is 0 Å². The second-order valence-electron chi connectivity index (χ2n) is 5.12. The van der Waals surface area contributed by atoms with E-state index < -0.39 is 0 Å². The fourth-order valence-electron chi connectivity index (χ4n) is 2.73. The smallest absolute Gasteiger partial charge is 0.137 e. The minimum absolute atomic E-state index is 0.724. The van der Waals surface area contributed by atoms with E-state index in [1.54, 1.807) is 6.20 Å². The Morgan fingerprint density at radius 2 is 1.64 bits per heavy atom. The maximum absolute atomic E-state index is 6.20. The zero-order valence-electron chi connectivity index (χ0n) is 11.8. The lowest BCUT2D eigenvalue weighted by atomic mass is 10.1. The summed E-state index contributed by atoms with van der Waals surface area (Å²) in [7, 11) is 0. The summed E-state index contributed by atoms with van der Waals surface area (Å²) in [5, 5.41) is 1.87. The van der Waals surface area contributed by atoms with E-state index in [1.807, 2.05) is 54.6 Å². The van der Waals surface area contributed by atoms with Gasteiger partial charge in [-0.05, 0) is 35.9 Å². The maximum Gasteiger partial charge on any atom is 0.137 e. The van der Waals surface area contributed by atoms with Crippen molar-refractivity contribution in [3.05, 3.63) is 84.0 Å². The third kappa shape index (κ3) is 2.18. The van der Waals surface area contributed by atoms with E-state index in [0.717, 1.165) is 33.0 Å². The number of halogens is 1. The molecule has 2 nitrogen and oxygen atoms in total. The Bertz CT molecular complexity index is 928. The molecule has 0 N–H and O–H groups in total. The Morgan fingerprint density at radius 1 is 0.818 bits per heavy atom. The molecule has 106 valence electrons. The van der Waals surface area contributed by atoms with Crippen molar-refractivity contribution in [3.63, 3.8) is 0 Å². The molecule has 0 atom stereocenters. The number of aromatic nitrogens is 2. The van der Waals surface area contributed by atoms with Gasteiger partial charge in [-0.15, -0.1) is 0 Å². The van der Waals surface area contributed by atoms with Gasteiger partial charge in [0.1, 0.15) is 5.82 Å². The van der Waals surface area contributed by atoms with Crippen molar-refractivity contribution in [1.82, 2.24) is 9.55 Å². The zero-order valence-corrected chi connectivity index (χ0v) is 12.5. The van der Waals surface area contributed by atoms with Gasteiger partial charge >= 0.3 is 0 Å². The monoisotopic (exact) mass is 304 g/mol. The van der Waals surface area contributed by atoms with Crippen LogP contribution in [-0.4, -0.2) is 9.55 Å². The van der Waals surface area contributed by atoms with E-state index in [9.17, 15) is 0 Å². The van der Waals surface area contributed by atoms with Crippen LogP contribution >= 0.6 is 11.6 Å². The van der Waals surface area contributed by atoms with Gasteiger partial charge in [0, 0.05) is 16.6 Å². The standard InChI is InChI=1S/C19H13ClN2/c20-16-10-9-15-12-17(14-6-2-1-3-7-14)22(18(15)13-16)19-8-4-5-11-21-19/h1-13H. The molecule has 2 aromatic heterocycles. The fraction of sp³-hybridized carbons (Fsp3) is 0. The first-order valence-corrected chi connectivity index (χ1v) is 7.48. The molecule has 0 spiro atoms. The Hall–Kier alpha value is -2.58. The minimum atomic E-state index is 0.724. The second-order valence-corrected chi connectivity index (χ2v) is 5.56. The first-order chi connectivity index (χ1) is 10.8. The summed E-state index contributed by atoms with van der Waals surface area (Å²) in [5.74, 6) is 0.888. The normalized spacial score (nSPS) is 11.0. The number of hydrogen-bond donors (Lipinski definition) is 0.